The van der Waals surface area contributed by atoms with Crippen LogP contribution in [0.2, 0.25) is 0 Å². The Bertz CT molecular complexity index is 967. The summed E-state index contributed by atoms with van der Waals surface area (Å²) in [4.78, 5) is 12.5. The molecule has 2 aromatic carbocycles. The van der Waals surface area contributed by atoms with E-state index in [4.69, 9.17) is 14.2 Å². The topological polar surface area (TPSA) is 85.5 Å². The number of aromatic amines is 1. The molecule has 0 saturated heterocycles. The summed E-state index contributed by atoms with van der Waals surface area (Å²) in [5.41, 5.74) is 2.91. The Morgan fingerprint density at radius 1 is 1.03 bits per heavy atom. The van der Waals surface area contributed by atoms with Crippen LogP contribution in [0, 0.1) is 0 Å². The van der Waals surface area contributed by atoms with Gasteiger partial charge in [0.1, 0.15) is 11.4 Å². The standard InChI is InChI=1S/C23H27N3O4/c1-4-5-12-30-18-9-7-17(8-10-18)19-14-20(26-25-19)23(27)24-15-16-6-11-21(28-2)22(13-16)29-3/h6-11,13-14H,4-5,12,15H2,1-3H3,(H,24,27)(H,25,26). The van der Waals surface area contributed by atoms with Gasteiger partial charge in [-0.25, -0.2) is 0 Å². The minimum Gasteiger partial charge on any atom is -0.494 e. The first-order valence-corrected chi connectivity index (χ1v) is 9.92. The van der Waals surface area contributed by atoms with Gasteiger partial charge in [-0.05, 0) is 54.4 Å². The van der Waals surface area contributed by atoms with Gasteiger partial charge >= 0.3 is 0 Å². The van der Waals surface area contributed by atoms with Gasteiger partial charge in [-0.1, -0.05) is 19.4 Å². The molecule has 0 fully saturated rings. The van der Waals surface area contributed by atoms with Gasteiger partial charge in [0.2, 0.25) is 0 Å². The number of hydrogen-bond acceptors (Lipinski definition) is 5. The first-order chi connectivity index (χ1) is 14.6. The van der Waals surface area contributed by atoms with Gasteiger partial charge in [0.05, 0.1) is 26.5 Å². The minimum atomic E-state index is -0.233. The quantitative estimate of drug-likeness (QED) is 0.490. The highest BCUT2D eigenvalue weighted by Gasteiger charge is 2.12. The Morgan fingerprint density at radius 3 is 2.50 bits per heavy atom. The maximum atomic E-state index is 12.5. The van der Waals surface area contributed by atoms with Gasteiger partial charge in [-0.15, -0.1) is 0 Å². The summed E-state index contributed by atoms with van der Waals surface area (Å²) in [6.45, 7) is 3.20. The molecule has 0 aliphatic heterocycles. The molecule has 0 radical (unpaired) electrons. The Morgan fingerprint density at radius 2 is 1.80 bits per heavy atom. The van der Waals surface area contributed by atoms with Gasteiger partial charge in [0, 0.05) is 12.1 Å². The average molecular weight is 409 g/mol. The van der Waals surface area contributed by atoms with Crippen LogP contribution in [-0.4, -0.2) is 36.9 Å². The second-order valence-electron chi connectivity index (χ2n) is 6.77. The molecule has 3 rings (SSSR count). The van der Waals surface area contributed by atoms with Crippen molar-refractivity contribution >= 4 is 5.91 Å². The number of carbonyl (C=O) groups is 1. The van der Waals surface area contributed by atoms with Gasteiger partial charge < -0.3 is 19.5 Å². The zero-order valence-corrected chi connectivity index (χ0v) is 17.5. The smallest absolute Gasteiger partial charge is 0.269 e. The summed E-state index contributed by atoms with van der Waals surface area (Å²) in [6.07, 6.45) is 2.13. The molecule has 0 atom stereocenters. The lowest BCUT2D eigenvalue weighted by atomic mass is 10.1. The molecular weight excluding hydrogens is 382 g/mol. The summed E-state index contributed by atoms with van der Waals surface area (Å²) in [6, 6.07) is 14.9. The highest BCUT2D eigenvalue weighted by Crippen LogP contribution is 2.27. The molecule has 1 heterocycles. The monoisotopic (exact) mass is 409 g/mol. The van der Waals surface area contributed by atoms with Crippen molar-refractivity contribution in [1.29, 1.82) is 0 Å². The number of unbranched alkanes of at least 4 members (excludes halogenated alkanes) is 1. The van der Waals surface area contributed by atoms with Crippen molar-refractivity contribution in [2.45, 2.75) is 26.3 Å². The number of ether oxygens (including phenoxy) is 3. The number of nitrogens with zero attached hydrogens (tertiary/aromatic N) is 1. The maximum Gasteiger partial charge on any atom is 0.269 e. The molecule has 0 saturated carbocycles. The second-order valence-corrected chi connectivity index (χ2v) is 6.77. The molecule has 0 spiro atoms. The van der Waals surface area contributed by atoms with E-state index in [-0.39, 0.29) is 5.91 Å². The SMILES string of the molecule is CCCCOc1ccc(-c2cc(C(=O)NCc3ccc(OC)c(OC)c3)[nH]n2)cc1. The number of carbonyl (C=O) groups excluding carboxylic acids is 1. The predicted molar refractivity (Wildman–Crippen MR) is 115 cm³/mol. The van der Waals surface area contributed by atoms with E-state index in [0.717, 1.165) is 29.7 Å². The molecule has 2 N–H and O–H groups in total. The van der Waals surface area contributed by atoms with Crippen LogP contribution in [-0.2, 0) is 6.54 Å². The number of H-pyrrole nitrogens is 1. The third-order valence-electron chi connectivity index (χ3n) is 4.64. The lowest BCUT2D eigenvalue weighted by Crippen LogP contribution is -2.23. The zero-order valence-electron chi connectivity index (χ0n) is 17.5. The lowest BCUT2D eigenvalue weighted by Gasteiger charge is -2.10. The zero-order chi connectivity index (χ0) is 21.3. The van der Waals surface area contributed by atoms with E-state index in [9.17, 15) is 4.79 Å². The molecule has 3 aromatic rings. The van der Waals surface area contributed by atoms with Crippen molar-refractivity contribution in [3.63, 3.8) is 0 Å². The van der Waals surface area contributed by atoms with E-state index in [1.807, 2.05) is 42.5 Å². The first-order valence-electron chi connectivity index (χ1n) is 9.92. The van der Waals surface area contributed by atoms with Crippen LogP contribution in [0.3, 0.4) is 0 Å². The number of rotatable bonds is 10. The van der Waals surface area contributed by atoms with Gasteiger partial charge in [-0.3, -0.25) is 9.89 Å². The fourth-order valence-electron chi connectivity index (χ4n) is 2.91. The van der Waals surface area contributed by atoms with Gasteiger partial charge in [-0.2, -0.15) is 5.10 Å². The van der Waals surface area contributed by atoms with Crippen LogP contribution in [0.4, 0.5) is 0 Å². The molecule has 0 aliphatic rings. The Hall–Kier alpha value is -3.48. The van der Waals surface area contributed by atoms with Crippen molar-refractivity contribution in [3.05, 3.63) is 59.8 Å². The highest BCUT2D eigenvalue weighted by molar-refractivity contribution is 5.93. The molecule has 158 valence electrons. The Labute approximate surface area is 176 Å². The van der Waals surface area contributed by atoms with E-state index < -0.39 is 0 Å². The molecular formula is C23H27N3O4. The third kappa shape index (κ3) is 5.31. The van der Waals surface area contributed by atoms with Crippen LogP contribution >= 0.6 is 0 Å². The third-order valence-corrected chi connectivity index (χ3v) is 4.64. The van der Waals surface area contributed by atoms with Crippen molar-refractivity contribution < 1.29 is 19.0 Å². The minimum absolute atomic E-state index is 0.233. The molecule has 30 heavy (non-hydrogen) atoms. The van der Waals surface area contributed by atoms with Crippen LogP contribution in [0.25, 0.3) is 11.3 Å². The van der Waals surface area contributed by atoms with Crippen molar-refractivity contribution in [2.75, 3.05) is 20.8 Å². The lowest BCUT2D eigenvalue weighted by molar-refractivity contribution is 0.0946. The van der Waals surface area contributed by atoms with E-state index in [1.54, 1.807) is 20.3 Å². The first kappa shape index (κ1) is 21.2. The Balaban J connectivity index is 1.59. The number of methoxy groups -OCH3 is 2. The van der Waals surface area contributed by atoms with Crippen LogP contribution in [0.1, 0.15) is 35.8 Å². The molecule has 1 aromatic heterocycles. The molecule has 0 unspecified atom stereocenters. The predicted octanol–water partition coefficient (Wildman–Crippen LogP) is 4.20. The van der Waals surface area contributed by atoms with E-state index in [1.165, 1.54) is 0 Å². The van der Waals surface area contributed by atoms with Crippen molar-refractivity contribution in [2.24, 2.45) is 0 Å². The van der Waals surface area contributed by atoms with Gasteiger partial charge in [0.25, 0.3) is 5.91 Å². The van der Waals surface area contributed by atoms with E-state index in [0.29, 0.717) is 36.0 Å². The largest absolute Gasteiger partial charge is 0.494 e. The van der Waals surface area contributed by atoms with Crippen LogP contribution in [0.15, 0.2) is 48.5 Å². The summed E-state index contributed by atoms with van der Waals surface area (Å²) in [5.74, 6) is 1.86. The van der Waals surface area contributed by atoms with E-state index >= 15 is 0 Å². The van der Waals surface area contributed by atoms with Crippen molar-refractivity contribution in [3.8, 4) is 28.5 Å². The van der Waals surface area contributed by atoms with E-state index in [2.05, 4.69) is 22.4 Å². The number of benzene rings is 2. The molecule has 1 amide bonds. The second kappa shape index (κ2) is 10.3. The van der Waals surface area contributed by atoms with Gasteiger partial charge in [0.15, 0.2) is 11.5 Å². The fraction of sp³-hybridized carbons (Fsp3) is 0.304. The molecule has 7 nitrogen and oxygen atoms in total. The molecule has 0 aliphatic carbocycles. The number of nitrogens with one attached hydrogen (secondary N) is 2. The summed E-state index contributed by atoms with van der Waals surface area (Å²) in [5, 5.41) is 9.93. The highest BCUT2D eigenvalue weighted by atomic mass is 16.5. The van der Waals surface area contributed by atoms with Crippen LogP contribution in [0.5, 0.6) is 17.2 Å². The number of amides is 1. The number of aromatic nitrogens is 2. The average Bonchev–Trinajstić information content (AvgIpc) is 3.28. The van der Waals surface area contributed by atoms with Crippen LogP contribution < -0.4 is 19.5 Å². The normalized spacial score (nSPS) is 10.5. The number of hydrogen-bond donors (Lipinski definition) is 2. The maximum absolute atomic E-state index is 12.5. The summed E-state index contributed by atoms with van der Waals surface area (Å²) in [7, 11) is 3.17. The molecule has 0 bridgehead atoms. The summed E-state index contributed by atoms with van der Waals surface area (Å²) >= 11 is 0. The Kier molecular flexibility index (Phi) is 7.32. The van der Waals surface area contributed by atoms with Crippen molar-refractivity contribution in [1.82, 2.24) is 15.5 Å². The summed E-state index contributed by atoms with van der Waals surface area (Å²) < 4.78 is 16.2. The fourth-order valence-corrected chi connectivity index (χ4v) is 2.91. The molecule has 7 heteroatoms.